The smallest absolute Gasteiger partial charge is 0.341 e. The molecule has 0 unspecified atom stereocenters. The first-order chi connectivity index (χ1) is 15.5. The lowest BCUT2D eigenvalue weighted by Gasteiger charge is -2.10. The molecule has 0 fully saturated rings. The van der Waals surface area contributed by atoms with Crippen LogP contribution in [0.15, 0.2) is 66.7 Å². The van der Waals surface area contributed by atoms with E-state index in [1.807, 2.05) is 74.5 Å². The Kier molecular flexibility index (Phi) is 6.23. The fraction of sp³-hybridized carbons (Fsp3) is 0.154. The van der Waals surface area contributed by atoms with Gasteiger partial charge in [-0.15, -0.1) is 11.3 Å². The van der Waals surface area contributed by atoms with E-state index in [-0.39, 0.29) is 5.91 Å². The van der Waals surface area contributed by atoms with Crippen LogP contribution in [0.5, 0.6) is 5.75 Å². The van der Waals surface area contributed by atoms with Crippen LogP contribution in [-0.2, 0) is 4.74 Å². The molecule has 32 heavy (non-hydrogen) atoms. The van der Waals surface area contributed by atoms with Gasteiger partial charge >= 0.3 is 5.97 Å². The third-order valence-electron chi connectivity index (χ3n) is 5.19. The van der Waals surface area contributed by atoms with Crippen molar-refractivity contribution in [2.24, 2.45) is 0 Å². The maximum Gasteiger partial charge on any atom is 0.341 e. The molecule has 4 aromatic rings. The lowest BCUT2D eigenvalue weighted by Crippen LogP contribution is -2.14. The first-order valence-electron chi connectivity index (χ1n) is 10.3. The first kappa shape index (κ1) is 21.6. The molecule has 0 atom stereocenters. The molecule has 0 aliphatic carbocycles. The number of carbonyl (C=O) groups excluding carboxylic acids is 2. The lowest BCUT2D eigenvalue weighted by atomic mass is 10.0. The summed E-state index contributed by atoms with van der Waals surface area (Å²) < 4.78 is 10.6. The average molecular weight is 446 g/mol. The van der Waals surface area contributed by atoms with Gasteiger partial charge in [-0.2, -0.15) is 0 Å². The molecule has 0 saturated heterocycles. The largest absolute Gasteiger partial charge is 0.494 e. The highest BCUT2D eigenvalue weighted by Crippen LogP contribution is 2.41. The number of esters is 1. The Morgan fingerprint density at radius 1 is 0.969 bits per heavy atom. The van der Waals surface area contributed by atoms with E-state index in [0.717, 1.165) is 32.5 Å². The number of rotatable bonds is 6. The van der Waals surface area contributed by atoms with Crippen molar-refractivity contribution in [1.82, 2.24) is 0 Å². The quantitative estimate of drug-likeness (QED) is 0.353. The minimum Gasteiger partial charge on any atom is -0.494 e. The minimum absolute atomic E-state index is 0.272. The highest BCUT2D eigenvalue weighted by Gasteiger charge is 2.25. The third kappa shape index (κ3) is 4.09. The number of hydrogen-bond acceptors (Lipinski definition) is 5. The molecule has 0 bridgehead atoms. The van der Waals surface area contributed by atoms with Gasteiger partial charge in [0.1, 0.15) is 16.3 Å². The number of aryl methyl sites for hydroxylation is 1. The molecule has 0 aliphatic heterocycles. The third-order valence-corrected chi connectivity index (χ3v) is 6.21. The van der Waals surface area contributed by atoms with Crippen LogP contribution < -0.4 is 10.1 Å². The molecule has 0 saturated carbocycles. The van der Waals surface area contributed by atoms with E-state index < -0.39 is 5.97 Å². The molecule has 1 heterocycles. The standard InChI is InChI=1S/C26H23NO4S/c1-4-31-19-14-12-18(13-15-19)22-16(2)32-25(23(22)26(29)30-3)27-24(28)21-11-7-9-17-8-5-6-10-20(17)21/h5-15H,4H2,1-3H3,(H,27,28). The number of ether oxygens (including phenoxy) is 2. The molecule has 162 valence electrons. The summed E-state index contributed by atoms with van der Waals surface area (Å²) >= 11 is 1.36. The van der Waals surface area contributed by atoms with Gasteiger partial charge in [0.05, 0.1) is 13.7 Å². The Morgan fingerprint density at radius 2 is 1.69 bits per heavy atom. The Hall–Kier alpha value is -3.64. The van der Waals surface area contributed by atoms with E-state index in [9.17, 15) is 9.59 Å². The Balaban J connectivity index is 1.75. The number of carbonyl (C=O) groups is 2. The van der Waals surface area contributed by atoms with Gasteiger partial charge in [-0.1, -0.05) is 48.5 Å². The van der Waals surface area contributed by atoms with Crippen molar-refractivity contribution in [2.45, 2.75) is 13.8 Å². The number of nitrogens with one attached hydrogen (secondary N) is 1. The summed E-state index contributed by atoms with van der Waals surface area (Å²) in [5.41, 5.74) is 2.51. The van der Waals surface area contributed by atoms with Crippen molar-refractivity contribution < 1.29 is 19.1 Å². The van der Waals surface area contributed by atoms with Crippen LogP contribution in [-0.4, -0.2) is 25.6 Å². The maximum absolute atomic E-state index is 13.2. The second kappa shape index (κ2) is 9.24. The minimum atomic E-state index is -0.494. The van der Waals surface area contributed by atoms with Crippen molar-refractivity contribution in [3.63, 3.8) is 0 Å². The number of amides is 1. The predicted molar refractivity (Wildman–Crippen MR) is 129 cm³/mol. The summed E-state index contributed by atoms with van der Waals surface area (Å²) in [4.78, 5) is 26.8. The van der Waals surface area contributed by atoms with Gasteiger partial charge in [-0.05, 0) is 48.4 Å². The molecule has 0 radical (unpaired) electrons. The molecule has 0 spiro atoms. The molecule has 1 amide bonds. The molecule has 6 heteroatoms. The van der Waals surface area contributed by atoms with Crippen molar-refractivity contribution >= 4 is 39.0 Å². The summed E-state index contributed by atoms with van der Waals surface area (Å²) in [7, 11) is 1.34. The molecule has 0 aliphatic rings. The van der Waals surface area contributed by atoms with Crippen LogP contribution in [0.2, 0.25) is 0 Å². The summed E-state index contributed by atoms with van der Waals surface area (Å²) in [5, 5.41) is 5.25. The molecule has 5 nitrogen and oxygen atoms in total. The number of methoxy groups -OCH3 is 1. The predicted octanol–water partition coefficient (Wildman–Crippen LogP) is 6.31. The highest BCUT2D eigenvalue weighted by atomic mass is 32.1. The Labute approximate surface area is 190 Å². The van der Waals surface area contributed by atoms with Gasteiger partial charge in [0.2, 0.25) is 0 Å². The van der Waals surface area contributed by atoms with Crippen LogP contribution in [0.3, 0.4) is 0 Å². The van der Waals surface area contributed by atoms with Gasteiger partial charge in [-0.25, -0.2) is 4.79 Å². The first-order valence-corrected chi connectivity index (χ1v) is 11.1. The SMILES string of the molecule is CCOc1ccc(-c2c(C)sc(NC(=O)c3cccc4ccccc34)c2C(=O)OC)cc1. The molecular weight excluding hydrogens is 422 g/mol. The van der Waals surface area contributed by atoms with Gasteiger partial charge in [0, 0.05) is 16.0 Å². The molecule has 4 rings (SSSR count). The summed E-state index contributed by atoms with van der Waals surface area (Å²) in [6, 6.07) is 20.9. The molecule has 3 aromatic carbocycles. The summed E-state index contributed by atoms with van der Waals surface area (Å²) in [5.74, 6) is -0.00821. The topological polar surface area (TPSA) is 64.6 Å². The maximum atomic E-state index is 13.2. The van der Waals surface area contributed by atoms with Gasteiger partial charge in [0.15, 0.2) is 0 Å². The van der Waals surface area contributed by atoms with Crippen LogP contribution in [0, 0.1) is 6.92 Å². The number of anilines is 1. The van der Waals surface area contributed by atoms with Crippen molar-refractivity contribution in [3.8, 4) is 16.9 Å². The molecule has 1 N–H and O–H groups in total. The zero-order chi connectivity index (χ0) is 22.7. The van der Waals surface area contributed by atoms with E-state index in [2.05, 4.69) is 5.32 Å². The lowest BCUT2D eigenvalue weighted by molar-refractivity contribution is 0.0603. The van der Waals surface area contributed by atoms with Crippen molar-refractivity contribution in [2.75, 3.05) is 19.0 Å². The molecule has 1 aromatic heterocycles. The monoisotopic (exact) mass is 445 g/mol. The molecular formula is C26H23NO4S. The highest BCUT2D eigenvalue weighted by molar-refractivity contribution is 7.17. The summed E-state index contributed by atoms with van der Waals surface area (Å²) in [6.07, 6.45) is 0. The normalized spacial score (nSPS) is 10.7. The van der Waals surface area contributed by atoms with E-state index in [1.54, 1.807) is 6.07 Å². The van der Waals surface area contributed by atoms with Crippen LogP contribution in [0.1, 0.15) is 32.5 Å². The fourth-order valence-corrected chi connectivity index (χ4v) is 4.81. The summed E-state index contributed by atoms with van der Waals surface area (Å²) in [6.45, 7) is 4.43. The van der Waals surface area contributed by atoms with Crippen molar-refractivity contribution in [1.29, 1.82) is 0 Å². The Morgan fingerprint density at radius 3 is 2.41 bits per heavy atom. The van der Waals surface area contributed by atoms with Crippen LogP contribution >= 0.6 is 11.3 Å². The van der Waals surface area contributed by atoms with E-state index in [1.165, 1.54) is 18.4 Å². The van der Waals surface area contributed by atoms with Crippen molar-refractivity contribution in [3.05, 3.63) is 82.7 Å². The fourth-order valence-electron chi connectivity index (χ4n) is 3.76. The number of hydrogen-bond donors (Lipinski definition) is 1. The van der Waals surface area contributed by atoms with Crippen LogP contribution in [0.25, 0.3) is 21.9 Å². The zero-order valence-corrected chi connectivity index (χ0v) is 18.9. The second-order valence-corrected chi connectivity index (χ2v) is 8.39. The zero-order valence-electron chi connectivity index (χ0n) is 18.1. The van der Waals surface area contributed by atoms with E-state index >= 15 is 0 Å². The van der Waals surface area contributed by atoms with E-state index in [4.69, 9.17) is 9.47 Å². The van der Waals surface area contributed by atoms with Gasteiger partial charge in [0.25, 0.3) is 5.91 Å². The Bertz CT molecular complexity index is 1290. The number of benzene rings is 3. The van der Waals surface area contributed by atoms with Gasteiger partial charge < -0.3 is 14.8 Å². The van der Waals surface area contributed by atoms with E-state index in [0.29, 0.717) is 22.7 Å². The average Bonchev–Trinajstić information content (AvgIpc) is 3.14. The van der Waals surface area contributed by atoms with Gasteiger partial charge in [-0.3, -0.25) is 4.79 Å². The number of fused-ring (bicyclic) bond motifs is 1. The number of thiophene rings is 1. The second-order valence-electron chi connectivity index (χ2n) is 7.17. The van der Waals surface area contributed by atoms with Crippen LogP contribution in [0.4, 0.5) is 5.00 Å².